The first kappa shape index (κ1) is 12.8. The second kappa shape index (κ2) is 4.93. The van der Waals surface area contributed by atoms with Crippen LogP contribution in [0.3, 0.4) is 0 Å². The maximum Gasteiger partial charge on any atom is 0.335 e. The van der Waals surface area contributed by atoms with Crippen molar-refractivity contribution >= 4 is 17.6 Å². The summed E-state index contributed by atoms with van der Waals surface area (Å²) in [6.07, 6.45) is 1.69. The second-order valence-corrected chi connectivity index (χ2v) is 3.96. The molecule has 1 heterocycles. The molecule has 5 nitrogen and oxygen atoms in total. The number of carbonyl (C=O) groups is 2. The molecular weight excluding hydrogens is 251 g/mol. The maximum absolute atomic E-state index is 13.6. The first-order chi connectivity index (χ1) is 8.99. The van der Waals surface area contributed by atoms with Gasteiger partial charge in [-0.3, -0.25) is 4.79 Å². The van der Waals surface area contributed by atoms with Gasteiger partial charge in [0.25, 0.3) is 5.91 Å². The van der Waals surface area contributed by atoms with E-state index in [4.69, 9.17) is 5.11 Å². The molecule has 0 unspecified atom stereocenters. The van der Waals surface area contributed by atoms with Crippen LogP contribution < -0.4 is 5.32 Å². The Hall–Kier alpha value is -2.63. The summed E-state index contributed by atoms with van der Waals surface area (Å²) in [4.78, 5) is 22.5. The van der Waals surface area contributed by atoms with Crippen LogP contribution in [0.4, 0.5) is 10.1 Å². The highest BCUT2D eigenvalue weighted by molar-refractivity contribution is 6.03. The highest BCUT2D eigenvalue weighted by atomic mass is 19.1. The number of nitrogens with one attached hydrogen (secondary N) is 1. The van der Waals surface area contributed by atoms with Gasteiger partial charge in [0.1, 0.15) is 11.5 Å². The third-order valence-corrected chi connectivity index (χ3v) is 2.64. The van der Waals surface area contributed by atoms with Crippen LogP contribution in [-0.4, -0.2) is 21.6 Å². The average Bonchev–Trinajstić information content (AvgIpc) is 2.77. The SMILES string of the molecule is Cn1cccc1C(=O)Nc1ccc(C(=O)O)cc1F. The zero-order valence-corrected chi connectivity index (χ0v) is 10.1. The number of hydrogen-bond donors (Lipinski definition) is 2. The van der Waals surface area contributed by atoms with Crippen molar-refractivity contribution < 1.29 is 19.1 Å². The van der Waals surface area contributed by atoms with Gasteiger partial charge in [0, 0.05) is 13.2 Å². The Morgan fingerprint density at radius 3 is 2.58 bits per heavy atom. The summed E-state index contributed by atoms with van der Waals surface area (Å²) in [5, 5.41) is 11.1. The van der Waals surface area contributed by atoms with Gasteiger partial charge in [-0.15, -0.1) is 0 Å². The van der Waals surface area contributed by atoms with Crippen molar-refractivity contribution in [1.82, 2.24) is 4.57 Å². The minimum absolute atomic E-state index is 0.0591. The van der Waals surface area contributed by atoms with Gasteiger partial charge in [0.15, 0.2) is 0 Å². The summed E-state index contributed by atoms with van der Waals surface area (Å²) in [6, 6.07) is 6.60. The van der Waals surface area contributed by atoms with E-state index < -0.39 is 17.7 Å². The first-order valence-corrected chi connectivity index (χ1v) is 5.44. The Labute approximate surface area is 108 Å². The van der Waals surface area contributed by atoms with Crippen molar-refractivity contribution in [3.63, 3.8) is 0 Å². The summed E-state index contributed by atoms with van der Waals surface area (Å²) < 4.78 is 15.2. The molecule has 0 saturated heterocycles. The Balaban J connectivity index is 2.23. The molecule has 1 aromatic heterocycles. The minimum Gasteiger partial charge on any atom is -0.478 e. The molecule has 0 saturated carbocycles. The summed E-state index contributed by atoms with van der Waals surface area (Å²) >= 11 is 0. The number of carboxylic acid groups (broad SMARTS) is 1. The number of rotatable bonds is 3. The number of halogens is 1. The van der Waals surface area contributed by atoms with Gasteiger partial charge in [-0.05, 0) is 30.3 Å². The number of carboxylic acids is 1. The summed E-state index contributed by atoms with van der Waals surface area (Å²) in [6.45, 7) is 0. The smallest absolute Gasteiger partial charge is 0.335 e. The van der Waals surface area contributed by atoms with Crippen molar-refractivity contribution in [1.29, 1.82) is 0 Å². The molecule has 2 rings (SSSR count). The number of benzene rings is 1. The predicted octanol–water partition coefficient (Wildman–Crippen LogP) is 2.11. The van der Waals surface area contributed by atoms with Crippen LogP contribution in [0.2, 0.25) is 0 Å². The number of nitrogens with zero attached hydrogens (tertiary/aromatic N) is 1. The lowest BCUT2D eigenvalue weighted by atomic mass is 10.2. The summed E-state index contributed by atoms with van der Waals surface area (Å²) in [5.41, 5.74) is 0.146. The molecule has 1 amide bonds. The van der Waals surface area contributed by atoms with E-state index in [1.807, 2.05) is 0 Å². The van der Waals surface area contributed by atoms with Crippen molar-refractivity contribution in [2.24, 2.45) is 7.05 Å². The van der Waals surface area contributed by atoms with E-state index in [1.165, 1.54) is 12.1 Å². The molecule has 0 fully saturated rings. The number of anilines is 1. The fourth-order valence-electron chi connectivity index (χ4n) is 1.63. The number of carbonyl (C=O) groups excluding carboxylic acids is 1. The van der Waals surface area contributed by atoms with Crippen LogP contribution in [0.25, 0.3) is 0 Å². The van der Waals surface area contributed by atoms with Crippen LogP contribution in [0.1, 0.15) is 20.8 Å². The Morgan fingerprint density at radius 1 is 1.32 bits per heavy atom. The Morgan fingerprint density at radius 2 is 2.05 bits per heavy atom. The van der Waals surface area contributed by atoms with E-state index in [1.54, 1.807) is 29.9 Å². The Kier molecular flexibility index (Phi) is 3.33. The van der Waals surface area contributed by atoms with Gasteiger partial charge >= 0.3 is 5.97 Å². The highest BCUT2D eigenvalue weighted by Crippen LogP contribution is 2.17. The molecule has 6 heteroatoms. The van der Waals surface area contributed by atoms with Gasteiger partial charge in [-0.25, -0.2) is 9.18 Å². The maximum atomic E-state index is 13.6. The van der Waals surface area contributed by atoms with E-state index in [0.29, 0.717) is 5.69 Å². The van der Waals surface area contributed by atoms with Gasteiger partial charge in [-0.1, -0.05) is 0 Å². The summed E-state index contributed by atoms with van der Waals surface area (Å²) in [7, 11) is 1.69. The molecule has 1 aromatic carbocycles. The normalized spacial score (nSPS) is 10.2. The molecule has 0 atom stereocenters. The molecule has 0 bridgehead atoms. The van der Waals surface area contributed by atoms with Crippen molar-refractivity contribution in [2.75, 3.05) is 5.32 Å². The van der Waals surface area contributed by atoms with Crippen molar-refractivity contribution in [2.45, 2.75) is 0 Å². The monoisotopic (exact) mass is 262 g/mol. The number of aromatic carboxylic acids is 1. The molecule has 0 radical (unpaired) electrons. The summed E-state index contributed by atoms with van der Waals surface area (Å²) in [5.74, 6) is -2.48. The second-order valence-electron chi connectivity index (χ2n) is 3.96. The largest absolute Gasteiger partial charge is 0.478 e. The predicted molar refractivity (Wildman–Crippen MR) is 66.7 cm³/mol. The van der Waals surface area contributed by atoms with Crippen molar-refractivity contribution in [3.8, 4) is 0 Å². The third kappa shape index (κ3) is 2.62. The number of aryl methyl sites for hydroxylation is 1. The van der Waals surface area contributed by atoms with Crippen LogP contribution in [0, 0.1) is 5.82 Å². The van der Waals surface area contributed by atoms with Gasteiger partial charge in [0.05, 0.1) is 11.3 Å². The Bertz CT molecular complexity index is 649. The van der Waals surface area contributed by atoms with Crippen LogP contribution in [0.15, 0.2) is 36.5 Å². The van der Waals surface area contributed by atoms with Crippen LogP contribution >= 0.6 is 0 Å². The molecule has 0 aliphatic heterocycles. The molecular formula is C13H11FN2O3. The molecule has 2 N–H and O–H groups in total. The van der Waals surface area contributed by atoms with Gasteiger partial charge in [0.2, 0.25) is 0 Å². The standard InChI is InChI=1S/C13H11FN2O3/c1-16-6-2-3-11(16)12(17)15-10-5-4-8(13(18)19)7-9(10)14/h2-7H,1H3,(H,15,17)(H,18,19). The molecule has 0 spiro atoms. The lowest BCUT2D eigenvalue weighted by molar-refractivity contribution is 0.0696. The lowest BCUT2D eigenvalue weighted by Crippen LogP contribution is -2.16. The van der Waals surface area contributed by atoms with E-state index in [2.05, 4.69) is 5.32 Å². The van der Waals surface area contributed by atoms with Crippen LogP contribution in [-0.2, 0) is 7.05 Å². The van der Waals surface area contributed by atoms with E-state index in [9.17, 15) is 14.0 Å². The average molecular weight is 262 g/mol. The number of aromatic nitrogens is 1. The quantitative estimate of drug-likeness (QED) is 0.889. The fourth-order valence-corrected chi connectivity index (χ4v) is 1.63. The molecule has 0 aliphatic rings. The number of hydrogen-bond acceptors (Lipinski definition) is 2. The molecule has 98 valence electrons. The molecule has 2 aromatic rings. The number of amides is 1. The lowest BCUT2D eigenvalue weighted by Gasteiger charge is -2.07. The first-order valence-electron chi connectivity index (χ1n) is 5.44. The van der Waals surface area contributed by atoms with Crippen molar-refractivity contribution in [3.05, 3.63) is 53.6 Å². The van der Waals surface area contributed by atoms with E-state index >= 15 is 0 Å². The van der Waals surface area contributed by atoms with E-state index in [0.717, 1.165) is 6.07 Å². The zero-order valence-electron chi connectivity index (χ0n) is 10.1. The fraction of sp³-hybridized carbons (Fsp3) is 0.0769. The highest BCUT2D eigenvalue weighted by Gasteiger charge is 2.13. The minimum atomic E-state index is -1.22. The third-order valence-electron chi connectivity index (χ3n) is 2.64. The van der Waals surface area contributed by atoms with Crippen LogP contribution in [0.5, 0.6) is 0 Å². The molecule has 19 heavy (non-hydrogen) atoms. The topological polar surface area (TPSA) is 71.3 Å². The van der Waals surface area contributed by atoms with E-state index in [-0.39, 0.29) is 11.3 Å². The zero-order chi connectivity index (χ0) is 14.0. The van der Waals surface area contributed by atoms with Gasteiger partial charge in [-0.2, -0.15) is 0 Å². The van der Waals surface area contributed by atoms with Gasteiger partial charge < -0.3 is 15.0 Å². The molecule has 0 aliphatic carbocycles.